The number of aliphatic hydroxyl groups is 1. The van der Waals surface area contributed by atoms with Crippen LogP contribution < -0.4 is 0 Å². The standard InChI is InChI=1S/C4H10OS2/c1-2-4(5)3-7-6/h4-6H,2-3H2,1H3. The van der Waals surface area contributed by atoms with Crippen LogP contribution in [0.1, 0.15) is 13.3 Å². The molecular formula is C4H10OS2. The van der Waals surface area contributed by atoms with Crippen LogP contribution in [0.5, 0.6) is 0 Å². The molecule has 0 aliphatic carbocycles. The molecule has 0 aliphatic rings. The highest BCUT2D eigenvalue weighted by Crippen LogP contribution is 2.07. The lowest BCUT2D eigenvalue weighted by Gasteiger charge is -2.00. The second-order valence-corrected chi connectivity index (χ2v) is 2.72. The number of aliphatic hydroxyl groups excluding tert-OH is 1. The first-order valence-electron chi connectivity index (χ1n) is 2.25. The third-order valence-electron chi connectivity index (χ3n) is 0.738. The van der Waals surface area contributed by atoms with Crippen molar-refractivity contribution in [1.29, 1.82) is 0 Å². The van der Waals surface area contributed by atoms with Crippen molar-refractivity contribution >= 4 is 22.5 Å². The maximum absolute atomic E-state index is 8.79. The Balaban J connectivity index is 2.83. The molecule has 0 aliphatic heterocycles. The molecule has 0 saturated carbocycles. The Morgan fingerprint density at radius 1 is 1.86 bits per heavy atom. The highest BCUT2D eigenvalue weighted by Gasteiger charge is 1.95. The van der Waals surface area contributed by atoms with Gasteiger partial charge in [0.25, 0.3) is 0 Å². The molecule has 0 spiro atoms. The Labute approximate surface area is 53.3 Å². The Morgan fingerprint density at radius 2 is 2.43 bits per heavy atom. The molecule has 0 aromatic rings. The maximum atomic E-state index is 8.79. The first-order chi connectivity index (χ1) is 3.31. The van der Waals surface area contributed by atoms with Gasteiger partial charge in [-0.2, -0.15) is 0 Å². The zero-order chi connectivity index (χ0) is 5.70. The molecule has 7 heavy (non-hydrogen) atoms. The van der Waals surface area contributed by atoms with Crippen LogP contribution in [-0.4, -0.2) is 17.0 Å². The van der Waals surface area contributed by atoms with E-state index in [1.165, 1.54) is 10.8 Å². The van der Waals surface area contributed by atoms with Gasteiger partial charge in [0.05, 0.1) is 6.10 Å². The van der Waals surface area contributed by atoms with Gasteiger partial charge in [-0.15, -0.1) is 11.7 Å². The molecule has 0 rings (SSSR count). The van der Waals surface area contributed by atoms with Crippen LogP contribution in [0.4, 0.5) is 0 Å². The molecular weight excluding hydrogens is 128 g/mol. The van der Waals surface area contributed by atoms with E-state index in [9.17, 15) is 0 Å². The molecule has 44 valence electrons. The molecule has 0 bridgehead atoms. The Hall–Kier alpha value is 0.660. The fraction of sp³-hybridized carbons (Fsp3) is 1.00. The molecule has 0 heterocycles. The van der Waals surface area contributed by atoms with Crippen LogP contribution in [0.2, 0.25) is 0 Å². The van der Waals surface area contributed by atoms with Gasteiger partial charge in [0.1, 0.15) is 0 Å². The first-order valence-corrected chi connectivity index (χ1v) is 4.29. The van der Waals surface area contributed by atoms with E-state index in [1.807, 2.05) is 6.92 Å². The lowest BCUT2D eigenvalue weighted by molar-refractivity contribution is 0.195. The zero-order valence-corrected chi connectivity index (χ0v) is 6.01. The van der Waals surface area contributed by atoms with E-state index in [2.05, 4.69) is 11.7 Å². The van der Waals surface area contributed by atoms with Gasteiger partial charge < -0.3 is 5.11 Å². The molecule has 0 aromatic heterocycles. The summed E-state index contributed by atoms with van der Waals surface area (Å²) in [5.41, 5.74) is 0. The molecule has 0 aromatic carbocycles. The minimum atomic E-state index is -0.164. The Kier molecular flexibility index (Phi) is 5.26. The second-order valence-electron chi connectivity index (χ2n) is 1.36. The van der Waals surface area contributed by atoms with E-state index in [-0.39, 0.29) is 6.10 Å². The quantitative estimate of drug-likeness (QED) is 0.453. The minimum Gasteiger partial charge on any atom is -0.392 e. The van der Waals surface area contributed by atoms with E-state index in [0.29, 0.717) is 0 Å². The van der Waals surface area contributed by atoms with Crippen LogP contribution in [0, 0.1) is 0 Å². The van der Waals surface area contributed by atoms with Crippen molar-refractivity contribution in [3.63, 3.8) is 0 Å². The molecule has 3 heteroatoms. The smallest absolute Gasteiger partial charge is 0.0636 e. The summed E-state index contributed by atoms with van der Waals surface area (Å²) in [5.74, 6) is 0.736. The van der Waals surface area contributed by atoms with Gasteiger partial charge in [-0.25, -0.2) is 0 Å². The third kappa shape index (κ3) is 4.51. The van der Waals surface area contributed by atoms with E-state index in [1.54, 1.807) is 0 Å². The van der Waals surface area contributed by atoms with Gasteiger partial charge in [-0.1, -0.05) is 17.7 Å². The van der Waals surface area contributed by atoms with Gasteiger partial charge >= 0.3 is 0 Å². The van der Waals surface area contributed by atoms with Crippen molar-refractivity contribution < 1.29 is 5.11 Å². The fourth-order valence-electron chi connectivity index (χ4n) is 0.204. The molecule has 0 radical (unpaired) electrons. The minimum absolute atomic E-state index is 0.164. The van der Waals surface area contributed by atoms with Gasteiger partial charge in [0.2, 0.25) is 0 Å². The summed E-state index contributed by atoms with van der Waals surface area (Å²) in [6.45, 7) is 1.95. The predicted octanol–water partition coefficient (Wildman–Crippen LogP) is 1.34. The van der Waals surface area contributed by atoms with Crippen LogP contribution in [0.15, 0.2) is 0 Å². The highest BCUT2D eigenvalue weighted by molar-refractivity contribution is 8.68. The summed E-state index contributed by atoms with van der Waals surface area (Å²) in [5, 5.41) is 8.79. The molecule has 0 saturated heterocycles. The Morgan fingerprint density at radius 3 is 2.57 bits per heavy atom. The van der Waals surface area contributed by atoms with E-state index >= 15 is 0 Å². The number of hydrogen-bond donors (Lipinski definition) is 2. The van der Waals surface area contributed by atoms with E-state index in [0.717, 1.165) is 12.2 Å². The SMILES string of the molecule is CCC(O)CSS. The molecule has 1 nitrogen and oxygen atoms in total. The lowest BCUT2D eigenvalue weighted by Crippen LogP contribution is -2.05. The third-order valence-corrected chi connectivity index (χ3v) is 1.72. The number of thiol groups is 1. The molecule has 1 atom stereocenters. The molecule has 0 amide bonds. The molecule has 0 fully saturated rings. The average Bonchev–Trinajstić information content (AvgIpc) is 1.68. The highest BCUT2D eigenvalue weighted by atomic mass is 33.1. The van der Waals surface area contributed by atoms with Gasteiger partial charge in [0.15, 0.2) is 0 Å². The number of rotatable bonds is 3. The van der Waals surface area contributed by atoms with Crippen LogP contribution in [0.3, 0.4) is 0 Å². The van der Waals surface area contributed by atoms with E-state index < -0.39 is 0 Å². The van der Waals surface area contributed by atoms with Crippen LogP contribution in [-0.2, 0) is 0 Å². The molecule has 1 N–H and O–H groups in total. The van der Waals surface area contributed by atoms with Crippen molar-refractivity contribution in [2.24, 2.45) is 0 Å². The van der Waals surface area contributed by atoms with Gasteiger partial charge in [0, 0.05) is 5.75 Å². The van der Waals surface area contributed by atoms with Gasteiger partial charge in [-0.3, -0.25) is 0 Å². The summed E-state index contributed by atoms with van der Waals surface area (Å²) < 4.78 is 0. The lowest BCUT2D eigenvalue weighted by atomic mass is 10.3. The fourth-order valence-corrected chi connectivity index (χ4v) is 1.13. The zero-order valence-electron chi connectivity index (χ0n) is 4.29. The largest absolute Gasteiger partial charge is 0.392 e. The average molecular weight is 138 g/mol. The second kappa shape index (κ2) is 4.81. The molecule has 1 unspecified atom stereocenters. The van der Waals surface area contributed by atoms with Crippen molar-refractivity contribution in [2.75, 3.05) is 5.75 Å². The normalized spacial score (nSPS) is 14.1. The van der Waals surface area contributed by atoms with Crippen molar-refractivity contribution in [3.8, 4) is 0 Å². The first kappa shape index (κ1) is 7.66. The maximum Gasteiger partial charge on any atom is 0.0636 e. The number of hydrogen-bond acceptors (Lipinski definition) is 3. The summed E-state index contributed by atoms with van der Waals surface area (Å²) in [4.78, 5) is 0. The van der Waals surface area contributed by atoms with Gasteiger partial charge in [-0.05, 0) is 6.42 Å². The van der Waals surface area contributed by atoms with Crippen molar-refractivity contribution in [3.05, 3.63) is 0 Å². The van der Waals surface area contributed by atoms with Crippen molar-refractivity contribution in [1.82, 2.24) is 0 Å². The topological polar surface area (TPSA) is 20.2 Å². The van der Waals surface area contributed by atoms with Crippen LogP contribution in [0.25, 0.3) is 0 Å². The summed E-state index contributed by atoms with van der Waals surface area (Å²) in [7, 11) is 1.38. The predicted molar refractivity (Wildman–Crippen MR) is 37.7 cm³/mol. The summed E-state index contributed by atoms with van der Waals surface area (Å²) in [6.07, 6.45) is 0.663. The Bertz CT molecular complexity index is 40.7. The monoisotopic (exact) mass is 138 g/mol. The summed E-state index contributed by atoms with van der Waals surface area (Å²) >= 11 is 3.87. The van der Waals surface area contributed by atoms with Crippen molar-refractivity contribution in [2.45, 2.75) is 19.4 Å². The van der Waals surface area contributed by atoms with Crippen LogP contribution >= 0.6 is 22.5 Å². The summed E-state index contributed by atoms with van der Waals surface area (Å²) in [6, 6.07) is 0. The van der Waals surface area contributed by atoms with E-state index in [4.69, 9.17) is 5.11 Å².